The smallest absolute Gasteiger partial charge is 0.252 e. The highest BCUT2D eigenvalue weighted by Gasteiger charge is 2.28. The molecule has 0 aromatic heterocycles. The maximum Gasteiger partial charge on any atom is 0.252 e. The molecule has 2 atom stereocenters. The fraction of sp³-hybridized carbons (Fsp3) is 0.462. The monoisotopic (exact) mass is 453 g/mol. The number of hydrogen-bond donors (Lipinski definition) is 2. The highest BCUT2D eigenvalue weighted by Crippen LogP contribution is 2.27. The quantitative estimate of drug-likeness (QED) is 0.577. The molecule has 178 valence electrons. The fourth-order valence-corrected chi connectivity index (χ4v) is 4.16. The molecule has 1 heterocycles. The van der Waals surface area contributed by atoms with Crippen molar-refractivity contribution in [2.45, 2.75) is 45.3 Å². The zero-order chi connectivity index (χ0) is 23.8. The number of hydrogen-bond acceptors (Lipinski definition) is 5. The van der Waals surface area contributed by atoms with Gasteiger partial charge in [-0.2, -0.15) is 0 Å². The number of rotatable bonds is 10. The van der Waals surface area contributed by atoms with Crippen LogP contribution in [0.15, 0.2) is 48.5 Å². The first-order chi connectivity index (χ1) is 15.9. The van der Waals surface area contributed by atoms with Crippen LogP contribution in [-0.4, -0.2) is 56.1 Å². The van der Waals surface area contributed by atoms with Gasteiger partial charge in [0.25, 0.3) is 5.91 Å². The third-order valence-corrected chi connectivity index (χ3v) is 5.84. The maximum absolute atomic E-state index is 13.1. The molecule has 0 aliphatic carbocycles. The van der Waals surface area contributed by atoms with E-state index in [1.54, 1.807) is 25.3 Å². The summed E-state index contributed by atoms with van der Waals surface area (Å²) < 4.78 is 10.5. The van der Waals surface area contributed by atoms with Crippen LogP contribution in [0.4, 0.5) is 0 Å². The van der Waals surface area contributed by atoms with Crippen molar-refractivity contribution in [2.75, 3.05) is 27.3 Å². The van der Waals surface area contributed by atoms with E-state index in [1.807, 2.05) is 32.0 Å². The number of likely N-dealkylation sites (tertiary alicyclic amines) is 1. The van der Waals surface area contributed by atoms with E-state index < -0.39 is 6.04 Å². The topological polar surface area (TPSA) is 79.9 Å². The minimum atomic E-state index is -0.603. The summed E-state index contributed by atoms with van der Waals surface area (Å²) in [5.41, 5.74) is 1.69. The predicted molar refractivity (Wildman–Crippen MR) is 129 cm³/mol. The molecule has 33 heavy (non-hydrogen) atoms. The van der Waals surface area contributed by atoms with Crippen molar-refractivity contribution < 1.29 is 19.1 Å². The first-order valence-corrected chi connectivity index (χ1v) is 11.5. The Hall–Kier alpha value is -3.06. The minimum Gasteiger partial charge on any atom is -0.493 e. The van der Waals surface area contributed by atoms with Crippen LogP contribution in [0.1, 0.15) is 42.6 Å². The van der Waals surface area contributed by atoms with E-state index >= 15 is 0 Å². The van der Waals surface area contributed by atoms with Crippen molar-refractivity contribution in [3.63, 3.8) is 0 Å². The summed E-state index contributed by atoms with van der Waals surface area (Å²) in [7, 11) is 3.07. The van der Waals surface area contributed by atoms with Crippen molar-refractivity contribution in [1.82, 2.24) is 15.5 Å². The Bertz CT molecular complexity index is 932. The Labute approximate surface area is 196 Å². The van der Waals surface area contributed by atoms with Crippen molar-refractivity contribution in [3.8, 4) is 11.5 Å². The maximum atomic E-state index is 13.1. The largest absolute Gasteiger partial charge is 0.493 e. The Kier molecular flexibility index (Phi) is 8.72. The zero-order valence-corrected chi connectivity index (χ0v) is 20.0. The average molecular weight is 454 g/mol. The fourth-order valence-electron chi connectivity index (χ4n) is 4.16. The SMILES string of the molecule is COc1ccc(C(=O)N[C@@H](CC(C)C)C(=O)N[C@H]2CCN(Cc3ccccc3)C2)cc1OC. The van der Waals surface area contributed by atoms with Gasteiger partial charge in [-0.05, 0) is 42.5 Å². The van der Waals surface area contributed by atoms with Gasteiger partial charge in [0.1, 0.15) is 6.04 Å². The van der Waals surface area contributed by atoms with Crippen LogP contribution < -0.4 is 20.1 Å². The van der Waals surface area contributed by atoms with E-state index in [0.717, 1.165) is 26.1 Å². The lowest BCUT2D eigenvalue weighted by molar-refractivity contribution is -0.124. The van der Waals surface area contributed by atoms with E-state index in [-0.39, 0.29) is 23.8 Å². The summed E-state index contributed by atoms with van der Waals surface area (Å²) in [6, 6.07) is 14.8. The molecular formula is C26H35N3O4. The summed E-state index contributed by atoms with van der Waals surface area (Å²) in [5, 5.41) is 6.07. The molecule has 1 aliphatic heterocycles. The van der Waals surface area contributed by atoms with Gasteiger partial charge in [-0.25, -0.2) is 0 Å². The molecule has 0 radical (unpaired) electrons. The van der Waals surface area contributed by atoms with E-state index in [1.165, 1.54) is 12.7 Å². The highest BCUT2D eigenvalue weighted by atomic mass is 16.5. The lowest BCUT2D eigenvalue weighted by Gasteiger charge is -2.23. The van der Waals surface area contributed by atoms with Gasteiger partial charge in [-0.1, -0.05) is 44.2 Å². The van der Waals surface area contributed by atoms with Crippen molar-refractivity contribution in [3.05, 3.63) is 59.7 Å². The third kappa shape index (κ3) is 6.96. The molecule has 2 aromatic carbocycles. The summed E-state index contributed by atoms with van der Waals surface area (Å²) in [6.07, 6.45) is 1.46. The van der Waals surface area contributed by atoms with Gasteiger partial charge in [0.05, 0.1) is 14.2 Å². The molecular weight excluding hydrogens is 418 g/mol. The molecule has 0 bridgehead atoms. The lowest BCUT2D eigenvalue weighted by Crippen LogP contribution is -2.50. The molecule has 2 aromatic rings. The summed E-state index contributed by atoms with van der Waals surface area (Å²) in [4.78, 5) is 28.4. The number of nitrogens with one attached hydrogen (secondary N) is 2. The first kappa shape index (κ1) is 24.6. The first-order valence-electron chi connectivity index (χ1n) is 11.5. The second-order valence-electron chi connectivity index (χ2n) is 8.94. The van der Waals surface area contributed by atoms with Crippen LogP contribution in [0.2, 0.25) is 0 Å². The van der Waals surface area contributed by atoms with Crippen LogP contribution in [0.3, 0.4) is 0 Å². The standard InChI is InChI=1S/C26H35N3O4/c1-18(2)14-22(28-25(30)20-10-11-23(32-3)24(15-20)33-4)26(31)27-21-12-13-29(17-21)16-19-8-6-5-7-9-19/h5-11,15,18,21-22H,12-14,16-17H2,1-4H3,(H,27,31)(H,28,30)/t21-,22-/m0/s1. The second-order valence-corrected chi connectivity index (χ2v) is 8.94. The summed E-state index contributed by atoms with van der Waals surface area (Å²) in [6.45, 7) is 6.70. The predicted octanol–water partition coefficient (Wildman–Crippen LogP) is 3.24. The van der Waals surface area contributed by atoms with Gasteiger partial charge in [-0.15, -0.1) is 0 Å². The molecule has 7 nitrogen and oxygen atoms in total. The number of nitrogens with zero attached hydrogens (tertiary/aromatic N) is 1. The number of methoxy groups -OCH3 is 2. The van der Waals surface area contributed by atoms with Crippen molar-refractivity contribution in [1.29, 1.82) is 0 Å². The van der Waals surface area contributed by atoms with Crippen LogP contribution in [0.5, 0.6) is 11.5 Å². The minimum absolute atomic E-state index is 0.0776. The third-order valence-electron chi connectivity index (χ3n) is 5.84. The van der Waals surface area contributed by atoms with Gasteiger partial charge < -0.3 is 20.1 Å². The normalized spacial score (nSPS) is 16.9. The molecule has 2 N–H and O–H groups in total. The van der Waals surface area contributed by atoms with E-state index in [2.05, 4.69) is 27.7 Å². The molecule has 0 spiro atoms. The highest BCUT2D eigenvalue weighted by molar-refractivity contribution is 5.98. The van der Waals surface area contributed by atoms with E-state index in [9.17, 15) is 9.59 Å². The Morgan fingerprint density at radius 2 is 1.79 bits per heavy atom. The second kappa shape index (κ2) is 11.7. The van der Waals surface area contributed by atoms with Crippen LogP contribution in [0.25, 0.3) is 0 Å². The number of amides is 2. The molecule has 1 aliphatic rings. The molecule has 1 fully saturated rings. The molecule has 2 amide bonds. The molecule has 0 unspecified atom stereocenters. The Morgan fingerprint density at radius 3 is 2.45 bits per heavy atom. The molecule has 0 saturated carbocycles. The van der Waals surface area contributed by atoms with Gasteiger partial charge in [0.15, 0.2) is 11.5 Å². The summed E-state index contributed by atoms with van der Waals surface area (Å²) in [5.74, 6) is 0.828. The molecule has 3 rings (SSSR count). The van der Waals surface area contributed by atoms with Gasteiger partial charge in [-0.3, -0.25) is 14.5 Å². The average Bonchev–Trinajstić information content (AvgIpc) is 3.24. The number of carbonyl (C=O) groups excluding carboxylic acids is 2. The lowest BCUT2D eigenvalue weighted by atomic mass is 10.0. The number of carbonyl (C=O) groups is 2. The van der Waals surface area contributed by atoms with Crippen molar-refractivity contribution >= 4 is 11.8 Å². The summed E-state index contributed by atoms with van der Waals surface area (Å²) >= 11 is 0. The van der Waals surface area contributed by atoms with Crippen LogP contribution >= 0.6 is 0 Å². The van der Waals surface area contributed by atoms with Crippen LogP contribution in [-0.2, 0) is 11.3 Å². The van der Waals surface area contributed by atoms with Gasteiger partial charge >= 0.3 is 0 Å². The van der Waals surface area contributed by atoms with E-state index in [4.69, 9.17) is 9.47 Å². The zero-order valence-electron chi connectivity index (χ0n) is 20.0. The Morgan fingerprint density at radius 1 is 1.06 bits per heavy atom. The molecule has 1 saturated heterocycles. The van der Waals surface area contributed by atoms with E-state index in [0.29, 0.717) is 23.5 Å². The molecule has 7 heteroatoms. The van der Waals surface area contributed by atoms with Gasteiger partial charge in [0, 0.05) is 31.2 Å². The number of benzene rings is 2. The van der Waals surface area contributed by atoms with Gasteiger partial charge in [0.2, 0.25) is 5.91 Å². The Balaban J connectivity index is 1.60. The number of ether oxygens (including phenoxy) is 2. The van der Waals surface area contributed by atoms with Crippen molar-refractivity contribution in [2.24, 2.45) is 5.92 Å². The van der Waals surface area contributed by atoms with Crippen LogP contribution in [0, 0.1) is 5.92 Å².